The van der Waals surface area contributed by atoms with E-state index in [0.29, 0.717) is 6.54 Å². The molecule has 23 heavy (non-hydrogen) atoms. The van der Waals surface area contributed by atoms with E-state index >= 15 is 0 Å². The van der Waals surface area contributed by atoms with Crippen LogP contribution in [-0.2, 0) is 33.8 Å². The number of aryl methyl sites for hydroxylation is 1. The van der Waals surface area contributed by atoms with Gasteiger partial charge in [0, 0.05) is 0 Å². The van der Waals surface area contributed by atoms with Crippen molar-refractivity contribution in [3.8, 4) is 0 Å². The van der Waals surface area contributed by atoms with E-state index in [1.54, 1.807) is 34.6 Å². The molecule has 0 bridgehead atoms. The maximum absolute atomic E-state index is 13.0. The number of hydrogen-bond donors (Lipinski definition) is 0. The number of rotatable bonds is 11. The van der Waals surface area contributed by atoms with E-state index in [-0.39, 0.29) is 37.3 Å². The van der Waals surface area contributed by atoms with E-state index in [2.05, 4.69) is 10.2 Å². The minimum Gasteiger partial charge on any atom is -0.304 e. The molecule has 1 rings (SSSR count). The summed E-state index contributed by atoms with van der Waals surface area (Å²) in [7, 11) is -7.54. The van der Waals surface area contributed by atoms with Crippen LogP contribution >= 0.6 is 15.2 Å². The smallest absolute Gasteiger partial charge is 0.304 e. The van der Waals surface area contributed by atoms with Gasteiger partial charge < -0.3 is 18.1 Å². The standard InChI is InChI=1S/C12H25N3O6P2/c1-6-15-13-11(22(16,18-7-2)19-8-3)12(14-15)23(17,20-9-4)21-10-5/h6-10H2,1-5H3. The topological polar surface area (TPSA) is 102 Å². The lowest BCUT2D eigenvalue weighted by molar-refractivity contribution is 0.225. The van der Waals surface area contributed by atoms with E-state index in [4.69, 9.17) is 18.1 Å². The lowest BCUT2D eigenvalue weighted by Gasteiger charge is -2.19. The lowest BCUT2D eigenvalue weighted by atomic mass is 10.8. The van der Waals surface area contributed by atoms with Gasteiger partial charge in [-0.25, -0.2) is 0 Å². The highest BCUT2D eigenvalue weighted by Crippen LogP contribution is 2.51. The molecule has 0 aromatic carbocycles. The van der Waals surface area contributed by atoms with Gasteiger partial charge in [-0.15, -0.1) is 10.2 Å². The van der Waals surface area contributed by atoms with Crippen molar-refractivity contribution < 1.29 is 27.2 Å². The van der Waals surface area contributed by atoms with E-state index in [0.717, 1.165) is 0 Å². The Bertz CT molecular complexity index is 524. The third-order valence-corrected chi connectivity index (χ3v) is 6.83. The summed E-state index contributed by atoms with van der Waals surface area (Å²) in [5.41, 5.74) is -0.235. The van der Waals surface area contributed by atoms with Gasteiger partial charge in [0.15, 0.2) is 0 Å². The minimum atomic E-state index is -3.77. The highest BCUT2D eigenvalue weighted by molar-refractivity contribution is 7.68. The third-order valence-electron chi connectivity index (χ3n) is 2.62. The van der Waals surface area contributed by atoms with Gasteiger partial charge in [0.1, 0.15) is 0 Å². The number of hydrogen-bond acceptors (Lipinski definition) is 8. The van der Waals surface area contributed by atoms with E-state index in [1.807, 2.05) is 0 Å². The Labute approximate surface area is 136 Å². The average Bonchev–Trinajstić information content (AvgIpc) is 2.94. The maximum Gasteiger partial charge on any atom is 0.384 e. The molecule has 134 valence electrons. The van der Waals surface area contributed by atoms with Crippen molar-refractivity contribution in [3.63, 3.8) is 0 Å². The van der Waals surface area contributed by atoms with Crippen molar-refractivity contribution in [3.05, 3.63) is 0 Å². The van der Waals surface area contributed by atoms with Crippen LogP contribution in [0.1, 0.15) is 34.6 Å². The highest BCUT2D eigenvalue weighted by Gasteiger charge is 2.43. The molecule has 0 radical (unpaired) electrons. The predicted octanol–water partition coefficient (Wildman–Crippen LogP) is 2.08. The molecule has 9 nitrogen and oxygen atoms in total. The van der Waals surface area contributed by atoms with E-state index in [9.17, 15) is 9.13 Å². The summed E-state index contributed by atoms with van der Waals surface area (Å²) in [5, 5.41) is 8.26. The van der Waals surface area contributed by atoms with Gasteiger partial charge in [0.2, 0.25) is 10.9 Å². The minimum absolute atomic E-state index is 0.117. The summed E-state index contributed by atoms with van der Waals surface area (Å²) in [6, 6.07) is 0. The molecule has 1 aromatic heterocycles. The zero-order chi connectivity index (χ0) is 17.5. The second kappa shape index (κ2) is 9.06. The van der Waals surface area contributed by atoms with E-state index in [1.165, 1.54) is 4.80 Å². The molecule has 0 aliphatic carbocycles. The molecule has 0 N–H and O–H groups in total. The predicted molar refractivity (Wildman–Crippen MR) is 86.7 cm³/mol. The Morgan fingerprint density at radius 2 is 1.04 bits per heavy atom. The Kier molecular flexibility index (Phi) is 8.07. The Morgan fingerprint density at radius 3 is 1.26 bits per heavy atom. The first kappa shape index (κ1) is 20.5. The molecular formula is C12H25N3O6P2. The fourth-order valence-electron chi connectivity index (χ4n) is 1.83. The first-order chi connectivity index (χ1) is 10.9. The van der Waals surface area contributed by atoms with Crippen LogP contribution in [-0.4, -0.2) is 41.4 Å². The van der Waals surface area contributed by atoms with Gasteiger partial charge in [-0.05, 0) is 34.6 Å². The summed E-state index contributed by atoms with van der Waals surface area (Å²) >= 11 is 0. The summed E-state index contributed by atoms with van der Waals surface area (Å²) in [6.07, 6.45) is 0. The summed E-state index contributed by atoms with van der Waals surface area (Å²) in [6.45, 7) is 9.48. The summed E-state index contributed by atoms with van der Waals surface area (Å²) in [4.78, 5) is 1.26. The quantitative estimate of drug-likeness (QED) is 0.547. The van der Waals surface area contributed by atoms with Crippen molar-refractivity contribution in [1.82, 2.24) is 15.0 Å². The molecule has 1 heterocycles. The SMILES string of the molecule is CCOP(=O)(OCC)c1nn(CC)nc1P(=O)(OCC)OCC. The lowest BCUT2D eigenvalue weighted by Crippen LogP contribution is -2.29. The van der Waals surface area contributed by atoms with Crippen LogP contribution in [0.3, 0.4) is 0 Å². The first-order valence-electron chi connectivity index (χ1n) is 7.65. The summed E-state index contributed by atoms with van der Waals surface area (Å²) < 4.78 is 47.2. The van der Waals surface area contributed by atoms with Crippen LogP contribution in [0.25, 0.3) is 0 Å². The largest absolute Gasteiger partial charge is 0.384 e. The molecule has 0 aliphatic rings. The molecule has 11 heteroatoms. The van der Waals surface area contributed by atoms with Gasteiger partial charge in [-0.2, -0.15) is 4.80 Å². The normalized spacial score (nSPS) is 12.7. The molecule has 0 fully saturated rings. The van der Waals surface area contributed by atoms with Crippen LogP contribution in [0.15, 0.2) is 0 Å². The maximum atomic E-state index is 13.0. The van der Waals surface area contributed by atoms with Crippen molar-refractivity contribution in [2.45, 2.75) is 41.2 Å². The Hall–Kier alpha value is -0.560. The van der Waals surface area contributed by atoms with Crippen molar-refractivity contribution in [2.75, 3.05) is 26.4 Å². The molecule has 0 aliphatic heterocycles. The van der Waals surface area contributed by atoms with Crippen molar-refractivity contribution in [1.29, 1.82) is 0 Å². The fourth-order valence-corrected chi connectivity index (χ4v) is 5.56. The second-order valence-electron chi connectivity index (χ2n) is 4.20. The highest BCUT2D eigenvalue weighted by atomic mass is 31.2. The number of aromatic nitrogens is 3. The molecule has 0 unspecified atom stereocenters. The zero-order valence-electron chi connectivity index (χ0n) is 14.2. The van der Waals surface area contributed by atoms with Gasteiger partial charge in [0.05, 0.1) is 33.0 Å². The monoisotopic (exact) mass is 369 g/mol. The fraction of sp³-hybridized carbons (Fsp3) is 0.833. The van der Waals surface area contributed by atoms with Crippen molar-refractivity contribution >= 4 is 26.1 Å². The van der Waals surface area contributed by atoms with Crippen LogP contribution in [0, 0.1) is 0 Å². The molecule has 0 spiro atoms. The Morgan fingerprint density at radius 1 is 0.739 bits per heavy atom. The molecule has 0 saturated heterocycles. The van der Waals surface area contributed by atoms with Gasteiger partial charge in [-0.3, -0.25) is 9.13 Å². The second-order valence-corrected chi connectivity index (χ2v) is 8.07. The first-order valence-corrected chi connectivity index (χ1v) is 10.7. The van der Waals surface area contributed by atoms with E-state index < -0.39 is 15.2 Å². The third kappa shape index (κ3) is 4.72. The molecular weight excluding hydrogens is 344 g/mol. The van der Waals surface area contributed by atoms with Gasteiger partial charge in [0.25, 0.3) is 0 Å². The van der Waals surface area contributed by atoms with Crippen molar-refractivity contribution in [2.24, 2.45) is 0 Å². The average molecular weight is 369 g/mol. The van der Waals surface area contributed by atoms with Crippen LogP contribution in [0.5, 0.6) is 0 Å². The van der Waals surface area contributed by atoms with Gasteiger partial charge in [-0.1, -0.05) is 0 Å². The van der Waals surface area contributed by atoms with Crippen LogP contribution < -0.4 is 10.9 Å². The van der Waals surface area contributed by atoms with Crippen LogP contribution in [0.2, 0.25) is 0 Å². The summed E-state index contributed by atoms with van der Waals surface area (Å²) in [5.74, 6) is 0. The van der Waals surface area contributed by atoms with Crippen LogP contribution in [0.4, 0.5) is 0 Å². The molecule has 1 aromatic rings. The molecule has 0 atom stereocenters. The number of nitrogens with zero attached hydrogens (tertiary/aromatic N) is 3. The van der Waals surface area contributed by atoms with Gasteiger partial charge >= 0.3 is 15.2 Å². The molecule has 0 amide bonds. The Balaban J connectivity index is 3.50. The molecule has 0 saturated carbocycles. The zero-order valence-corrected chi connectivity index (χ0v) is 16.0.